The molecule has 34 heavy (non-hydrogen) atoms. The van der Waals surface area contributed by atoms with Gasteiger partial charge >= 0.3 is 6.09 Å². The molecule has 0 atom stereocenters. The van der Waals surface area contributed by atoms with Crippen molar-refractivity contribution >= 4 is 39.9 Å². The van der Waals surface area contributed by atoms with Crippen LogP contribution in [0.1, 0.15) is 33.3 Å². The Labute approximate surface area is 203 Å². The van der Waals surface area contributed by atoms with Gasteiger partial charge in [0.15, 0.2) is 0 Å². The molecule has 0 saturated carbocycles. The van der Waals surface area contributed by atoms with Crippen molar-refractivity contribution in [2.45, 2.75) is 26.8 Å². The summed E-state index contributed by atoms with van der Waals surface area (Å²) in [5.41, 5.74) is 3.08. The van der Waals surface area contributed by atoms with Crippen LogP contribution in [0.15, 0.2) is 24.3 Å². The van der Waals surface area contributed by atoms with Crippen molar-refractivity contribution in [3.05, 3.63) is 45.8 Å². The molecule has 10 heteroatoms. The summed E-state index contributed by atoms with van der Waals surface area (Å²) >= 11 is 1.35. The van der Waals surface area contributed by atoms with E-state index in [1.54, 1.807) is 11.8 Å². The van der Waals surface area contributed by atoms with Crippen LogP contribution in [0.3, 0.4) is 0 Å². The molecule has 0 aliphatic carbocycles. The van der Waals surface area contributed by atoms with Crippen LogP contribution in [0.4, 0.5) is 15.5 Å². The topological polar surface area (TPSA) is 100 Å². The minimum Gasteiger partial charge on any atom is -0.450 e. The summed E-state index contributed by atoms with van der Waals surface area (Å²) in [6.45, 7) is 7.68. The van der Waals surface area contributed by atoms with E-state index in [1.807, 2.05) is 36.1 Å². The third kappa shape index (κ3) is 5.75. The molecule has 4 rings (SSSR count). The SMILES string of the molecule is CCOC(=O)N1CCc2c(sc(NC(=O)CN3CCOCC3)c2C(=O)Nc2cccc(C)c2)C1. The molecular weight excluding hydrogens is 456 g/mol. The van der Waals surface area contributed by atoms with Gasteiger partial charge in [0, 0.05) is 30.2 Å². The summed E-state index contributed by atoms with van der Waals surface area (Å²) in [6, 6.07) is 7.58. The number of nitrogens with one attached hydrogen (secondary N) is 2. The highest BCUT2D eigenvalue weighted by molar-refractivity contribution is 7.17. The van der Waals surface area contributed by atoms with Crippen molar-refractivity contribution in [1.29, 1.82) is 0 Å². The summed E-state index contributed by atoms with van der Waals surface area (Å²) < 4.78 is 10.5. The number of fused-ring (bicyclic) bond motifs is 1. The first kappa shape index (κ1) is 24.2. The smallest absolute Gasteiger partial charge is 0.410 e. The van der Waals surface area contributed by atoms with E-state index in [2.05, 4.69) is 10.6 Å². The standard InChI is InChI=1S/C24H30N4O5S/c1-3-33-24(31)28-8-7-18-19(14-28)34-23(26-20(29)15-27-9-11-32-12-10-27)21(18)22(30)25-17-6-4-5-16(2)13-17/h4-6,13H,3,7-12,14-15H2,1-2H3,(H,25,30)(H,26,29). The average Bonchev–Trinajstić information content (AvgIpc) is 3.16. The highest BCUT2D eigenvalue weighted by Crippen LogP contribution is 2.38. The lowest BCUT2D eigenvalue weighted by Crippen LogP contribution is -2.41. The monoisotopic (exact) mass is 486 g/mol. The van der Waals surface area contributed by atoms with E-state index in [-0.39, 0.29) is 24.5 Å². The molecule has 2 aliphatic heterocycles. The Morgan fingerprint density at radius 3 is 2.68 bits per heavy atom. The Balaban J connectivity index is 1.57. The average molecular weight is 487 g/mol. The molecule has 3 amide bonds. The molecule has 1 aromatic heterocycles. The maximum absolute atomic E-state index is 13.4. The lowest BCUT2D eigenvalue weighted by molar-refractivity contribution is -0.118. The first-order chi connectivity index (χ1) is 16.4. The Morgan fingerprint density at radius 1 is 1.15 bits per heavy atom. The highest BCUT2D eigenvalue weighted by atomic mass is 32.1. The number of aryl methyl sites for hydroxylation is 1. The quantitative estimate of drug-likeness (QED) is 0.651. The molecule has 1 fully saturated rings. The van der Waals surface area contributed by atoms with E-state index < -0.39 is 0 Å². The summed E-state index contributed by atoms with van der Waals surface area (Å²) in [5.74, 6) is -0.443. The predicted octanol–water partition coefficient (Wildman–Crippen LogP) is 3.09. The summed E-state index contributed by atoms with van der Waals surface area (Å²) in [5, 5.41) is 6.45. The largest absolute Gasteiger partial charge is 0.450 e. The number of thiophene rings is 1. The van der Waals surface area contributed by atoms with Crippen LogP contribution in [-0.2, 0) is 27.2 Å². The van der Waals surface area contributed by atoms with Crippen molar-refractivity contribution in [1.82, 2.24) is 9.80 Å². The van der Waals surface area contributed by atoms with Gasteiger partial charge in [-0.1, -0.05) is 12.1 Å². The molecule has 9 nitrogen and oxygen atoms in total. The minimum absolute atomic E-state index is 0.174. The van der Waals surface area contributed by atoms with E-state index in [0.717, 1.165) is 16.0 Å². The van der Waals surface area contributed by atoms with E-state index in [1.165, 1.54) is 11.3 Å². The minimum atomic E-state index is -0.370. The third-order valence-corrected chi connectivity index (χ3v) is 6.94. The zero-order valence-corrected chi connectivity index (χ0v) is 20.3. The molecule has 0 unspecified atom stereocenters. The number of benzene rings is 1. The molecule has 0 bridgehead atoms. The van der Waals surface area contributed by atoms with Crippen LogP contribution in [-0.4, -0.2) is 73.7 Å². The fourth-order valence-corrected chi connectivity index (χ4v) is 5.42. The predicted molar refractivity (Wildman–Crippen MR) is 130 cm³/mol. The van der Waals surface area contributed by atoms with Gasteiger partial charge in [0.2, 0.25) is 5.91 Å². The molecule has 1 aromatic carbocycles. The molecule has 182 valence electrons. The van der Waals surface area contributed by atoms with Crippen molar-refractivity contribution in [2.75, 3.05) is 56.6 Å². The van der Waals surface area contributed by atoms with Crippen LogP contribution in [0.25, 0.3) is 0 Å². The van der Waals surface area contributed by atoms with Crippen LogP contribution >= 0.6 is 11.3 Å². The van der Waals surface area contributed by atoms with Crippen molar-refractivity contribution in [3.8, 4) is 0 Å². The number of carbonyl (C=O) groups is 3. The molecule has 2 aromatic rings. The van der Waals surface area contributed by atoms with Gasteiger partial charge in [-0.05, 0) is 43.5 Å². The van der Waals surface area contributed by atoms with Crippen LogP contribution < -0.4 is 10.6 Å². The van der Waals surface area contributed by atoms with Gasteiger partial charge in [-0.3, -0.25) is 14.5 Å². The number of hydrogen-bond donors (Lipinski definition) is 2. The van der Waals surface area contributed by atoms with E-state index in [0.29, 0.717) is 68.7 Å². The molecule has 0 radical (unpaired) electrons. The number of nitrogens with zero attached hydrogens (tertiary/aromatic N) is 2. The number of anilines is 2. The van der Waals surface area contributed by atoms with Crippen molar-refractivity contribution in [3.63, 3.8) is 0 Å². The van der Waals surface area contributed by atoms with Crippen LogP contribution in [0.2, 0.25) is 0 Å². The molecule has 0 spiro atoms. The zero-order valence-electron chi connectivity index (χ0n) is 19.5. The van der Waals surface area contributed by atoms with Crippen molar-refractivity contribution in [2.24, 2.45) is 0 Å². The zero-order chi connectivity index (χ0) is 24.1. The van der Waals surface area contributed by atoms with Gasteiger partial charge in [-0.25, -0.2) is 4.79 Å². The van der Waals surface area contributed by atoms with E-state index in [4.69, 9.17) is 9.47 Å². The number of hydrogen-bond acceptors (Lipinski definition) is 7. The number of ether oxygens (including phenoxy) is 2. The molecule has 3 heterocycles. The van der Waals surface area contributed by atoms with E-state index in [9.17, 15) is 14.4 Å². The van der Waals surface area contributed by atoms with Gasteiger partial charge in [0.05, 0.1) is 38.5 Å². The second-order valence-corrected chi connectivity index (χ2v) is 9.44. The molecular formula is C24H30N4O5S. The second kappa shape index (κ2) is 11.0. The molecule has 1 saturated heterocycles. The van der Waals surface area contributed by atoms with Gasteiger partial charge in [0.1, 0.15) is 5.00 Å². The number of carbonyl (C=O) groups excluding carboxylic acids is 3. The van der Waals surface area contributed by atoms with Gasteiger partial charge < -0.3 is 25.0 Å². The third-order valence-electron chi connectivity index (χ3n) is 5.81. The maximum Gasteiger partial charge on any atom is 0.410 e. The molecule has 2 aliphatic rings. The van der Waals surface area contributed by atoms with Crippen molar-refractivity contribution < 1.29 is 23.9 Å². The first-order valence-corrected chi connectivity index (χ1v) is 12.3. The van der Waals surface area contributed by atoms with Gasteiger partial charge in [-0.15, -0.1) is 11.3 Å². The Bertz CT molecular complexity index is 1060. The lowest BCUT2D eigenvalue weighted by Gasteiger charge is -2.26. The Kier molecular flexibility index (Phi) is 7.81. The second-order valence-electron chi connectivity index (χ2n) is 8.34. The first-order valence-electron chi connectivity index (χ1n) is 11.5. The van der Waals surface area contributed by atoms with Gasteiger partial charge in [-0.2, -0.15) is 0 Å². The summed E-state index contributed by atoms with van der Waals surface area (Å²) in [6.07, 6.45) is 0.144. The van der Waals surface area contributed by atoms with Gasteiger partial charge in [0.25, 0.3) is 5.91 Å². The lowest BCUT2D eigenvalue weighted by atomic mass is 10.0. The fraction of sp³-hybridized carbons (Fsp3) is 0.458. The fourth-order valence-electron chi connectivity index (χ4n) is 4.15. The van der Waals surface area contributed by atoms with Crippen LogP contribution in [0, 0.1) is 6.92 Å². The Hall–Kier alpha value is -2.95. The number of amides is 3. The number of morpholine rings is 1. The summed E-state index contributed by atoms with van der Waals surface area (Å²) in [7, 11) is 0. The molecule has 2 N–H and O–H groups in total. The van der Waals surface area contributed by atoms with Crippen LogP contribution in [0.5, 0.6) is 0 Å². The Morgan fingerprint density at radius 2 is 1.94 bits per heavy atom. The highest BCUT2D eigenvalue weighted by Gasteiger charge is 2.31. The number of rotatable bonds is 6. The normalized spacial score (nSPS) is 16.0. The summed E-state index contributed by atoms with van der Waals surface area (Å²) in [4.78, 5) is 43.0. The maximum atomic E-state index is 13.4. The van der Waals surface area contributed by atoms with E-state index >= 15 is 0 Å².